The Morgan fingerprint density at radius 3 is 2.38 bits per heavy atom. The third-order valence-corrected chi connectivity index (χ3v) is 4.11. The van der Waals surface area contributed by atoms with Crippen LogP contribution in [0.25, 0.3) is 0 Å². The number of hydrogen-bond acceptors (Lipinski definition) is 3. The molecule has 0 bridgehead atoms. The Balaban J connectivity index is 2.52. The predicted octanol–water partition coefficient (Wildman–Crippen LogP) is 0.969. The molecule has 0 aromatic heterocycles. The van der Waals surface area contributed by atoms with Gasteiger partial charge in [-0.05, 0) is 0 Å². The number of rotatable bonds is 6. The molecule has 2 N–H and O–H groups in total. The Morgan fingerprint density at radius 2 is 1.88 bits per heavy atom. The molecule has 90 valence electrons. The fraction of sp³-hybridized carbons (Fsp3) is 0.455. The topological polar surface area (TPSA) is 69.4 Å². The second-order valence-electron chi connectivity index (χ2n) is 3.60. The van der Waals surface area contributed by atoms with Crippen LogP contribution in [0.2, 0.25) is 0 Å². The van der Waals surface area contributed by atoms with Crippen LogP contribution >= 0.6 is 0 Å². The molecule has 4 nitrogen and oxygen atoms in total. The van der Waals surface area contributed by atoms with Gasteiger partial charge in [-0.3, -0.25) is 0 Å². The van der Waals surface area contributed by atoms with Gasteiger partial charge in [0.25, 0.3) is 0 Å². The molecule has 0 heterocycles. The summed E-state index contributed by atoms with van der Waals surface area (Å²) in [6.07, 6.45) is 2.15. The van der Waals surface area contributed by atoms with E-state index in [1.165, 1.54) is 12.1 Å². The van der Waals surface area contributed by atoms with Crippen molar-refractivity contribution in [1.82, 2.24) is 0 Å². The molecule has 0 radical (unpaired) electrons. The first-order chi connectivity index (χ1) is 7.54. The van der Waals surface area contributed by atoms with E-state index in [0.29, 0.717) is 6.61 Å². The van der Waals surface area contributed by atoms with Crippen molar-refractivity contribution >= 4 is 17.4 Å². The molecule has 0 saturated heterocycles. The van der Waals surface area contributed by atoms with E-state index in [9.17, 15) is 7.67 Å². The SMILES string of the molecule is CCCCOCc1ccc([Se](N)(=O)=O)cc1. The normalized spacial score (nSPS) is 11.6. The zero-order valence-electron chi connectivity index (χ0n) is 9.35. The fourth-order valence-corrected chi connectivity index (χ4v) is 2.29. The summed E-state index contributed by atoms with van der Waals surface area (Å²) in [5.74, 6) is 0. The first-order valence-electron chi connectivity index (χ1n) is 5.23. The first-order valence-corrected chi connectivity index (χ1v) is 8.48. The van der Waals surface area contributed by atoms with Gasteiger partial charge >= 0.3 is 97.4 Å². The molecule has 1 rings (SSSR count). The van der Waals surface area contributed by atoms with Gasteiger partial charge in [-0.15, -0.1) is 0 Å². The molecule has 1 aromatic carbocycles. The van der Waals surface area contributed by atoms with Crippen LogP contribution in [0.15, 0.2) is 24.3 Å². The molecule has 0 unspecified atom stereocenters. The number of benzene rings is 1. The predicted molar refractivity (Wildman–Crippen MR) is 62.0 cm³/mol. The molecule has 1 aromatic rings. The van der Waals surface area contributed by atoms with Gasteiger partial charge in [0.15, 0.2) is 0 Å². The average Bonchev–Trinajstić information content (AvgIpc) is 2.24. The van der Waals surface area contributed by atoms with E-state index < -0.39 is 12.9 Å². The zero-order valence-corrected chi connectivity index (χ0v) is 11.1. The van der Waals surface area contributed by atoms with Crippen molar-refractivity contribution in [2.45, 2.75) is 26.4 Å². The molecule has 0 atom stereocenters. The van der Waals surface area contributed by atoms with Crippen molar-refractivity contribution in [3.63, 3.8) is 0 Å². The molecule has 0 fully saturated rings. The van der Waals surface area contributed by atoms with Gasteiger partial charge in [0.1, 0.15) is 0 Å². The van der Waals surface area contributed by atoms with Crippen molar-refractivity contribution in [2.75, 3.05) is 6.61 Å². The van der Waals surface area contributed by atoms with E-state index in [-0.39, 0.29) is 4.46 Å². The molecule has 0 aliphatic carbocycles. The van der Waals surface area contributed by atoms with Crippen LogP contribution in [0.3, 0.4) is 0 Å². The second kappa shape index (κ2) is 6.11. The van der Waals surface area contributed by atoms with E-state index in [1.807, 2.05) is 0 Å². The summed E-state index contributed by atoms with van der Waals surface area (Å²) in [5, 5.41) is 0. The van der Waals surface area contributed by atoms with Crippen molar-refractivity contribution < 1.29 is 12.4 Å². The van der Waals surface area contributed by atoms with Crippen LogP contribution in [0.5, 0.6) is 0 Å². The molecule has 0 aliphatic rings. The fourth-order valence-electron chi connectivity index (χ4n) is 1.21. The van der Waals surface area contributed by atoms with Crippen molar-refractivity contribution in [1.29, 1.82) is 0 Å². The monoisotopic (exact) mass is 291 g/mol. The first kappa shape index (κ1) is 13.3. The summed E-state index contributed by atoms with van der Waals surface area (Å²) >= 11 is -4.31. The minimum absolute atomic E-state index is 0.202. The second-order valence-corrected chi connectivity index (χ2v) is 6.87. The van der Waals surface area contributed by atoms with Crippen molar-refractivity contribution in [3.8, 4) is 0 Å². The van der Waals surface area contributed by atoms with Crippen molar-refractivity contribution in [3.05, 3.63) is 29.8 Å². The van der Waals surface area contributed by atoms with Crippen LogP contribution in [0.4, 0.5) is 0 Å². The quantitative estimate of drug-likeness (QED) is 0.626. The van der Waals surface area contributed by atoms with Gasteiger partial charge in [-0.1, -0.05) is 0 Å². The van der Waals surface area contributed by atoms with Gasteiger partial charge in [-0.25, -0.2) is 0 Å². The molecule has 0 saturated carbocycles. The third-order valence-electron chi connectivity index (χ3n) is 2.16. The van der Waals surface area contributed by atoms with Gasteiger partial charge < -0.3 is 0 Å². The Bertz CT molecular complexity index is 411. The zero-order chi connectivity index (χ0) is 12.0. The molecule has 0 spiro atoms. The number of nitrogens with two attached hydrogens (primary N) is 1. The van der Waals surface area contributed by atoms with E-state index >= 15 is 0 Å². The van der Waals surface area contributed by atoms with Crippen LogP contribution in [0, 0.1) is 0 Å². The van der Waals surface area contributed by atoms with Crippen LogP contribution < -0.4 is 9.21 Å². The number of hydrogen-bond donors (Lipinski definition) is 1. The molecule has 5 heteroatoms. The summed E-state index contributed by atoms with van der Waals surface area (Å²) in [6, 6.07) is 6.52. The summed E-state index contributed by atoms with van der Waals surface area (Å²) in [6.45, 7) is 3.35. The summed E-state index contributed by atoms with van der Waals surface area (Å²) in [7, 11) is 0. The van der Waals surface area contributed by atoms with E-state index in [4.69, 9.17) is 9.49 Å². The Kier molecular flexibility index (Phi) is 5.09. The standard InChI is InChI=1S/C11H17NO3Se/c1-2-3-8-15-9-10-4-6-11(7-5-10)16(12,13)14/h4-7H,2-3,8-9H2,1H3,(H2,12,13,14). The molecule has 0 amide bonds. The number of unbranched alkanes of at least 4 members (excludes halogenated alkanes) is 1. The molecular formula is C11H17NO3Se. The van der Waals surface area contributed by atoms with E-state index in [2.05, 4.69) is 6.92 Å². The Hall–Kier alpha value is -0.741. The summed E-state index contributed by atoms with van der Waals surface area (Å²) < 4.78 is 32.8. The maximum atomic E-state index is 11.1. The van der Waals surface area contributed by atoms with Gasteiger partial charge in [0.2, 0.25) is 0 Å². The van der Waals surface area contributed by atoms with Crippen LogP contribution in [0.1, 0.15) is 25.3 Å². The minimum atomic E-state index is -4.31. The van der Waals surface area contributed by atoms with Gasteiger partial charge in [-0.2, -0.15) is 0 Å². The van der Waals surface area contributed by atoms with Gasteiger partial charge in [0.05, 0.1) is 0 Å². The molecule has 16 heavy (non-hydrogen) atoms. The van der Waals surface area contributed by atoms with E-state index in [0.717, 1.165) is 25.0 Å². The van der Waals surface area contributed by atoms with Crippen LogP contribution in [-0.2, 0) is 19.0 Å². The van der Waals surface area contributed by atoms with Gasteiger partial charge in [0, 0.05) is 0 Å². The number of ether oxygens (including phenoxy) is 1. The maximum absolute atomic E-state index is 11.1. The molecular weight excluding hydrogens is 273 g/mol. The summed E-state index contributed by atoms with van der Waals surface area (Å²) in [5.41, 5.74) is 0.959. The summed E-state index contributed by atoms with van der Waals surface area (Å²) in [4.78, 5) is 0. The third kappa shape index (κ3) is 4.41. The van der Waals surface area contributed by atoms with Crippen molar-refractivity contribution in [2.24, 2.45) is 4.75 Å². The van der Waals surface area contributed by atoms with Crippen LogP contribution in [-0.4, -0.2) is 19.5 Å². The Labute approximate surface area is 97.6 Å². The average molecular weight is 290 g/mol. The molecule has 0 aliphatic heterocycles. The Morgan fingerprint density at radius 1 is 1.25 bits per heavy atom. The van der Waals surface area contributed by atoms with E-state index in [1.54, 1.807) is 12.1 Å².